The standard InChI is InChI=1S/C20H15BrN4O4/c1-22-16-11-24(12-6-4-3-5-7-12)18(17(16)19(26)23(2)20(22)27)14-10-13(25(28)29)8-9-15(14)21/h3-11H,1-2H3. The number of nitro benzene ring substituents is 1. The average Bonchev–Trinajstić information content (AvgIpc) is 3.12. The SMILES string of the molecule is Cn1c(=O)c2c(-c3cc([N+](=O)[O-])ccc3Br)n(-c3ccccc3)cc2n(C)c1=O. The fraction of sp³-hybridized carbons (Fsp3) is 0.100. The molecule has 0 spiro atoms. The number of nitro groups is 1. The van der Waals surface area contributed by atoms with Gasteiger partial charge in [0.25, 0.3) is 11.2 Å². The maximum absolute atomic E-state index is 13.1. The molecule has 0 N–H and O–H groups in total. The van der Waals surface area contributed by atoms with Crippen molar-refractivity contribution in [2.24, 2.45) is 14.1 Å². The lowest BCUT2D eigenvalue weighted by atomic mass is 10.1. The first kappa shape index (κ1) is 18.9. The van der Waals surface area contributed by atoms with Crippen LogP contribution >= 0.6 is 15.9 Å². The first-order chi connectivity index (χ1) is 13.8. The molecule has 0 saturated carbocycles. The number of hydrogen-bond donors (Lipinski definition) is 0. The zero-order chi connectivity index (χ0) is 20.9. The molecule has 29 heavy (non-hydrogen) atoms. The van der Waals surface area contributed by atoms with Gasteiger partial charge >= 0.3 is 5.69 Å². The lowest BCUT2D eigenvalue weighted by molar-refractivity contribution is -0.384. The number of halogens is 1. The fourth-order valence-corrected chi connectivity index (χ4v) is 3.84. The maximum atomic E-state index is 13.1. The molecule has 2 aromatic heterocycles. The van der Waals surface area contributed by atoms with Gasteiger partial charge < -0.3 is 4.57 Å². The molecule has 0 atom stereocenters. The molecular formula is C20H15BrN4O4. The van der Waals surface area contributed by atoms with E-state index in [1.807, 2.05) is 30.3 Å². The summed E-state index contributed by atoms with van der Waals surface area (Å²) >= 11 is 3.46. The number of hydrogen-bond acceptors (Lipinski definition) is 4. The van der Waals surface area contributed by atoms with Crippen LogP contribution in [0.15, 0.2) is 68.8 Å². The Labute approximate surface area is 172 Å². The number of aromatic nitrogens is 3. The van der Waals surface area contributed by atoms with Gasteiger partial charge in [0.05, 0.1) is 21.5 Å². The number of para-hydroxylation sites is 1. The van der Waals surface area contributed by atoms with E-state index in [0.29, 0.717) is 26.6 Å². The van der Waals surface area contributed by atoms with Crippen LogP contribution in [0.4, 0.5) is 5.69 Å². The molecule has 0 aliphatic carbocycles. The van der Waals surface area contributed by atoms with Crippen LogP contribution in [0, 0.1) is 10.1 Å². The van der Waals surface area contributed by atoms with Crippen molar-refractivity contribution in [2.75, 3.05) is 0 Å². The summed E-state index contributed by atoms with van der Waals surface area (Å²) in [5.74, 6) is 0. The number of aryl methyl sites for hydroxylation is 1. The highest BCUT2D eigenvalue weighted by Gasteiger charge is 2.23. The summed E-state index contributed by atoms with van der Waals surface area (Å²) in [4.78, 5) is 36.3. The first-order valence-electron chi connectivity index (χ1n) is 8.62. The van der Waals surface area contributed by atoms with Gasteiger partial charge in [0.1, 0.15) is 0 Å². The third kappa shape index (κ3) is 2.90. The molecule has 2 heterocycles. The van der Waals surface area contributed by atoms with Crippen molar-refractivity contribution in [1.82, 2.24) is 13.7 Å². The Morgan fingerprint density at radius 2 is 1.69 bits per heavy atom. The molecule has 4 aromatic rings. The zero-order valence-electron chi connectivity index (χ0n) is 15.5. The van der Waals surface area contributed by atoms with Gasteiger partial charge in [0.15, 0.2) is 0 Å². The van der Waals surface area contributed by atoms with E-state index >= 15 is 0 Å². The lowest BCUT2D eigenvalue weighted by Crippen LogP contribution is -2.36. The minimum atomic E-state index is -0.484. The van der Waals surface area contributed by atoms with Crippen molar-refractivity contribution in [3.05, 3.63) is 90.2 Å². The van der Waals surface area contributed by atoms with E-state index in [0.717, 1.165) is 10.3 Å². The van der Waals surface area contributed by atoms with E-state index in [1.165, 1.54) is 23.7 Å². The Hall–Kier alpha value is -3.46. The van der Waals surface area contributed by atoms with Crippen LogP contribution in [0.1, 0.15) is 0 Å². The lowest BCUT2D eigenvalue weighted by Gasteiger charge is -2.11. The molecule has 0 aliphatic heterocycles. The van der Waals surface area contributed by atoms with E-state index in [9.17, 15) is 19.7 Å². The monoisotopic (exact) mass is 454 g/mol. The van der Waals surface area contributed by atoms with Crippen LogP contribution < -0.4 is 11.2 Å². The highest BCUT2D eigenvalue weighted by Crippen LogP contribution is 2.37. The molecule has 0 radical (unpaired) electrons. The van der Waals surface area contributed by atoms with Crippen molar-refractivity contribution >= 4 is 32.5 Å². The Morgan fingerprint density at radius 1 is 1.00 bits per heavy atom. The van der Waals surface area contributed by atoms with Crippen molar-refractivity contribution in [3.8, 4) is 16.9 Å². The summed E-state index contributed by atoms with van der Waals surface area (Å²) < 4.78 is 4.79. The highest BCUT2D eigenvalue weighted by atomic mass is 79.9. The quantitative estimate of drug-likeness (QED) is 0.350. The summed E-state index contributed by atoms with van der Waals surface area (Å²) in [6.07, 6.45) is 1.70. The Balaban J connectivity index is 2.24. The first-order valence-corrected chi connectivity index (χ1v) is 9.41. The Morgan fingerprint density at radius 3 is 2.34 bits per heavy atom. The molecule has 0 bridgehead atoms. The highest BCUT2D eigenvalue weighted by molar-refractivity contribution is 9.10. The van der Waals surface area contributed by atoms with E-state index in [4.69, 9.17) is 0 Å². The number of nitrogens with zero attached hydrogens (tertiary/aromatic N) is 4. The van der Waals surface area contributed by atoms with Gasteiger partial charge in [-0.1, -0.05) is 34.1 Å². The third-order valence-electron chi connectivity index (χ3n) is 4.89. The predicted molar refractivity (Wildman–Crippen MR) is 114 cm³/mol. The van der Waals surface area contributed by atoms with Crippen LogP contribution in [0.5, 0.6) is 0 Å². The molecule has 0 unspecified atom stereocenters. The van der Waals surface area contributed by atoms with Crippen LogP contribution in [-0.2, 0) is 14.1 Å². The van der Waals surface area contributed by atoms with E-state index < -0.39 is 16.2 Å². The van der Waals surface area contributed by atoms with Gasteiger partial charge in [-0.05, 0) is 18.2 Å². The summed E-state index contributed by atoms with van der Waals surface area (Å²) in [7, 11) is 3.00. The number of non-ortho nitro benzene ring substituents is 1. The second-order valence-corrected chi connectivity index (χ2v) is 7.42. The van der Waals surface area contributed by atoms with Crippen molar-refractivity contribution in [2.45, 2.75) is 0 Å². The Bertz CT molecular complexity index is 1400. The molecular weight excluding hydrogens is 440 g/mol. The minimum absolute atomic E-state index is 0.0983. The second kappa shape index (κ2) is 6.85. The molecule has 4 rings (SSSR count). The summed E-state index contributed by atoms with van der Waals surface area (Å²) in [6.45, 7) is 0. The fourth-order valence-electron chi connectivity index (χ4n) is 3.41. The molecule has 0 aliphatic rings. The molecule has 146 valence electrons. The maximum Gasteiger partial charge on any atom is 0.330 e. The van der Waals surface area contributed by atoms with Gasteiger partial charge in [-0.2, -0.15) is 0 Å². The summed E-state index contributed by atoms with van der Waals surface area (Å²) in [5.41, 5.74) is 1.14. The van der Waals surface area contributed by atoms with Gasteiger partial charge in [0.2, 0.25) is 0 Å². The number of benzene rings is 2. The predicted octanol–water partition coefficient (Wildman–Crippen LogP) is 3.37. The minimum Gasteiger partial charge on any atom is -0.314 e. The molecule has 2 aromatic carbocycles. The topological polar surface area (TPSA) is 92.1 Å². The summed E-state index contributed by atoms with van der Waals surface area (Å²) in [6, 6.07) is 13.7. The molecule has 0 amide bonds. The molecule has 0 saturated heterocycles. The normalized spacial score (nSPS) is 11.1. The van der Waals surface area contributed by atoms with Crippen LogP contribution in [0.2, 0.25) is 0 Å². The summed E-state index contributed by atoms with van der Waals surface area (Å²) in [5, 5.41) is 11.6. The van der Waals surface area contributed by atoms with Crippen molar-refractivity contribution < 1.29 is 4.92 Å². The van der Waals surface area contributed by atoms with Gasteiger partial charge in [-0.3, -0.25) is 24.0 Å². The number of fused-ring (bicyclic) bond motifs is 1. The third-order valence-corrected chi connectivity index (χ3v) is 5.58. The molecule has 0 fully saturated rings. The van der Waals surface area contributed by atoms with Crippen molar-refractivity contribution in [1.29, 1.82) is 0 Å². The smallest absolute Gasteiger partial charge is 0.314 e. The average molecular weight is 455 g/mol. The van der Waals surface area contributed by atoms with Gasteiger partial charge in [-0.25, -0.2) is 4.79 Å². The van der Waals surface area contributed by atoms with E-state index in [2.05, 4.69) is 15.9 Å². The van der Waals surface area contributed by atoms with Crippen LogP contribution in [0.25, 0.3) is 27.8 Å². The van der Waals surface area contributed by atoms with Crippen LogP contribution in [0.3, 0.4) is 0 Å². The second-order valence-electron chi connectivity index (χ2n) is 6.57. The van der Waals surface area contributed by atoms with Crippen LogP contribution in [-0.4, -0.2) is 18.6 Å². The molecule has 8 nitrogen and oxygen atoms in total. The number of rotatable bonds is 3. The van der Waals surface area contributed by atoms with Gasteiger partial charge in [-0.15, -0.1) is 0 Å². The Kier molecular flexibility index (Phi) is 4.46. The zero-order valence-corrected chi connectivity index (χ0v) is 17.1. The van der Waals surface area contributed by atoms with E-state index in [1.54, 1.807) is 23.9 Å². The van der Waals surface area contributed by atoms with Gasteiger partial charge in [0, 0.05) is 48.1 Å². The van der Waals surface area contributed by atoms with Crippen molar-refractivity contribution in [3.63, 3.8) is 0 Å². The molecule has 9 heteroatoms. The largest absolute Gasteiger partial charge is 0.330 e. The van der Waals surface area contributed by atoms with E-state index in [-0.39, 0.29) is 5.69 Å².